The number of nitrogen functional groups attached to an aromatic ring is 2. The van der Waals surface area contributed by atoms with Crippen LogP contribution in [0, 0.1) is 111 Å². The molecule has 28 rings (SSSR count). The van der Waals surface area contributed by atoms with Crippen molar-refractivity contribution in [2.45, 2.75) is 335 Å². The Morgan fingerprint density at radius 2 is 0.529 bits per heavy atom. The minimum atomic E-state index is -0.341. The number of ether oxygens (including phenoxy) is 2. The van der Waals surface area contributed by atoms with Crippen LogP contribution < -0.4 is 20.9 Å². The topological polar surface area (TPSA) is 111 Å². The van der Waals surface area contributed by atoms with E-state index >= 15 is 0 Å². The molecule has 24 aliphatic carbocycles. The molecule has 24 aliphatic rings. The second-order valence-corrected chi connectivity index (χ2v) is 49.0. The summed E-state index contributed by atoms with van der Waals surface area (Å²) in [4.78, 5) is 0. The van der Waals surface area contributed by atoms with Crippen molar-refractivity contribution in [1.29, 1.82) is 0 Å². The zero-order chi connectivity index (χ0) is 70.3. The Morgan fingerprint density at radius 1 is 0.275 bits per heavy atom. The molecule has 546 valence electrons. The number of nitrogens with two attached hydrogens (primary N) is 2. The van der Waals surface area contributed by atoms with Gasteiger partial charge in [-0.3, -0.25) is 0 Å². The Bertz CT molecular complexity index is 4050. The van der Waals surface area contributed by atoms with E-state index in [0.717, 1.165) is 28.9 Å². The lowest BCUT2D eigenvalue weighted by molar-refractivity contribution is -0.284. The molecule has 0 amide bonds. The Labute approximate surface area is 613 Å². The van der Waals surface area contributed by atoms with Crippen LogP contribution in [-0.4, -0.2) is 10.2 Å². The highest BCUT2D eigenvalue weighted by Crippen LogP contribution is 2.87. The maximum Gasteiger partial charge on any atom is 0.142 e. The Balaban J connectivity index is 0.774. The number of phenolic OH excluding ortho intramolecular Hbond substituents is 2. The summed E-state index contributed by atoms with van der Waals surface area (Å²) in [6.45, 7) is 32.6. The number of phenols is 2. The van der Waals surface area contributed by atoms with Crippen molar-refractivity contribution < 1.29 is 19.7 Å². The second kappa shape index (κ2) is 18.9. The lowest BCUT2D eigenvalue weighted by Gasteiger charge is -2.81. The molecule has 0 heterocycles. The molecule has 0 aliphatic heterocycles. The Kier molecular flexibility index (Phi) is 12.0. The van der Waals surface area contributed by atoms with Crippen LogP contribution in [0.3, 0.4) is 0 Å². The van der Waals surface area contributed by atoms with Gasteiger partial charge in [-0.05, 0) is 371 Å². The van der Waals surface area contributed by atoms with Crippen LogP contribution in [0.15, 0.2) is 60.7 Å². The molecule has 24 fully saturated rings. The van der Waals surface area contributed by atoms with E-state index in [1.807, 2.05) is 12.1 Å². The van der Waals surface area contributed by atoms with E-state index < -0.39 is 0 Å². The fourth-order valence-electron chi connectivity index (χ4n) is 41.3. The van der Waals surface area contributed by atoms with Gasteiger partial charge >= 0.3 is 0 Å². The first-order valence-corrected chi connectivity index (χ1v) is 42.6. The van der Waals surface area contributed by atoms with Gasteiger partial charge in [0.15, 0.2) is 0 Å². The van der Waals surface area contributed by atoms with Gasteiger partial charge in [-0.1, -0.05) is 107 Å². The Hall–Kier alpha value is -4.32. The largest absolute Gasteiger partial charge is 0.506 e. The summed E-state index contributed by atoms with van der Waals surface area (Å²) < 4.78 is 16.2. The Morgan fingerprint density at radius 3 is 0.814 bits per heavy atom. The van der Waals surface area contributed by atoms with E-state index in [0.29, 0.717) is 84.3 Å². The number of anilines is 2. The van der Waals surface area contributed by atoms with Crippen molar-refractivity contribution in [3.8, 4) is 34.5 Å². The zero-order valence-corrected chi connectivity index (χ0v) is 65.4. The van der Waals surface area contributed by atoms with E-state index in [1.165, 1.54) is 247 Å². The van der Waals surface area contributed by atoms with Crippen molar-refractivity contribution >= 4 is 11.4 Å². The fourth-order valence-corrected chi connectivity index (χ4v) is 41.3. The molecule has 24 bridgehead atoms. The predicted octanol–water partition coefficient (Wildman–Crippen LogP) is 24.7. The van der Waals surface area contributed by atoms with Crippen LogP contribution in [0.4, 0.5) is 11.4 Å². The number of benzene rings is 4. The van der Waals surface area contributed by atoms with E-state index in [4.69, 9.17) is 20.9 Å². The van der Waals surface area contributed by atoms with Crippen LogP contribution in [0.25, 0.3) is 0 Å². The normalized spacial score (nSPS) is 54.2. The summed E-state index contributed by atoms with van der Waals surface area (Å²) in [5.41, 5.74) is 26.8. The molecule has 0 saturated heterocycles. The SMILES string of the molecule is CC12CC3CC(C)(C1)CC(c1cc(C4(c5ccc(Oc6cc(O)c(N)cc6C67CC8CC(C)(CC(C)(C8)C6)C7)c(C67CC8CC(C)(CC(C)(C8)C6)C7)c5)C5(C)CC6CC4(C)CC(C47CC8CC(C)(CC(C)(C8)C4)C7)(C6)C5)ccc1Oc1cc(O)c(N)cc1C14CC5CC(C)(CC(C)(C5)C1)C4)(C3)C2. The van der Waals surface area contributed by atoms with Crippen molar-refractivity contribution in [3.05, 3.63) is 94.0 Å². The van der Waals surface area contributed by atoms with Crippen molar-refractivity contribution in [3.63, 3.8) is 0 Å². The highest BCUT2D eigenvalue weighted by atomic mass is 16.5. The maximum atomic E-state index is 12.1. The molecule has 0 spiro atoms. The van der Waals surface area contributed by atoms with Crippen LogP contribution in [0.1, 0.15) is 341 Å². The minimum Gasteiger partial charge on any atom is -0.506 e. The van der Waals surface area contributed by atoms with Gasteiger partial charge in [-0.25, -0.2) is 0 Å². The minimum absolute atomic E-state index is 0.0443. The third-order valence-corrected chi connectivity index (χ3v) is 37.5. The van der Waals surface area contributed by atoms with Crippen molar-refractivity contribution in [2.24, 2.45) is 111 Å². The van der Waals surface area contributed by atoms with Gasteiger partial charge in [0, 0.05) is 61.5 Å². The van der Waals surface area contributed by atoms with Gasteiger partial charge < -0.3 is 31.2 Å². The monoisotopic (exact) mass is 1370 g/mol. The van der Waals surface area contributed by atoms with Crippen LogP contribution in [0.5, 0.6) is 34.5 Å². The van der Waals surface area contributed by atoms with Gasteiger partial charge in [-0.2, -0.15) is 0 Å². The highest BCUT2D eigenvalue weighted by Gasteiger charge is 2.79. The van der Waals surface area contributed by atoms with Gasteiger partial charge in [0.05, 0.1) is 11.4 Å². The standard InChI is InChI=1S/C96H128N2O4/c1-78-23-58-24-79(2,41-78)47-90(35-58,46-78)66-17-64(13-15-74(66)101-76-21-72(99)70(97)19-68(76)92-37-60-27-82(5,50-92)43-83(6,28-60)51-92)96(88(11)33-63-34-89(96,12)57-95(40-63,56-88)94-39-62-31-86(9,54-94)45-87(10,32-62)55-94)65-14-16-75(67(18-65)91-36-59-25-80(3,48-91)42-81(4,26-59)49-91)102-77-22-73(100)71(98)20-69(77)93-38-61-29-84(7,52-93)44-85(8,30-61)53-93/h13-22,58-63,99-100H,23-57,97-98H2,1-12H3. The number of hydrogen-bond acceptors (Lipinski definition) is 6. The summed E-state index contributed by atoms with van der Waals surface area (Å²) >= 11 is 0. The van der Waals surface area contributed by atoms with Gasteiger partial charge in [-0.15, -0.1) is 0 Å². The van der Waals surface area contributed by atoms with Crippen molar-refractivity contribution in [1.82, 2.24) is 0 Å². The molecule has 102 heavy (non-hydrogen) atoms. The summed E-state index contributed by atoms with van der Waals surface area (Å²) in [6, 6.07) is 24.8. The molecule has 12 atom stereocenters. The summed E-state index contributed by atoms with van der Waals surface area (Å²) in [7, 11) is 0. The van der Waals surface area contributed by atoms with Gasteiger partial charge in [0.1, 0.15) is 34.5 Å². The van der Waals surface area contributed by atoms with Crippen molar-refractivity contribution in [2.75, 3.05) is 11.5 Å². The third-order valence-electron chi connectivity index (χ3n) is 37.5. The number of hydrogen-bond donors (Lipinski definition) is 4. The average molecular weight is 1370 g/mol. The molecule has 24 saturated carbocycles. The zero-order valence-electron chi connectivity index (χ0n) is 65.4. The predicted molar refractivity (Wildman–Crippen MR) is 410 cm³/mol. The molecule has 6 nitrogen and oxygen atoms in total. The molecular weight excluding hydrogens is 1250 g/mol. The molecule has 12 unspecified atom stereocenters. The molecule has 6 N–H and O–H groups in total. The first-order valence-electron chi connectivity index (χ1n) is 42.6. The molecule has 4 aromatic carbocycles. The molecular formula is C96H128N2O4. The first kappa shape index (κ1) is 64.8. The maximum absolute atomic E-state index is 12.1. The van der Waals surface area contributed by atoms with E-state index in [-0.39, 0.29) is 71.1 Å². The molecule has 0 aromatic heterocycles. The molecule has 4 aromatic rings. The smallest absolute Gasteiger partial charge is 0.142 e. The quantitative estimate of drug-likeness (QED) is 0.0880. The summed E-state index contributed by atoms with van der Waals surface area (Å²) in [6.07, 6.45) is 45.6. The fraction of sp³-hybridized carbons (Fsp3) is 0.750. The number of rotatable bonds is 11. The second-order valence-electron chi connectivity index (χ2n) is 49.0. The van der Waals surface area contributed by atoms with Crippen LogP contribution in [-0.2, 0) is 27.1 Å². The van der Waals surface area contributed by atoms with Crippen LogP contribution >= 0.6 is 0 Å². The average Bonchev–Trinajstić information content (AvgIpc) is 0.639. The lowest BCUT2D eigenvalue weighted by Crippen LogP contribution is -2.74. The summed E-state index contributed by atoms with van der Waals surface area (Å²) in [5.74, 6) is 8.48. The first-order chi connectivity index (χ1) is 47.7. The third kappa shape index (κ3) is 8.55. The summed E-state index contributed by atoms with van der Waals surface area (Å²) in [5, 5.41) is 24.1. The van der Waals surface area contributed by atoms with Gasteiger partial charge in [0.2, 0.25) is 0 Å². The molecule has 6 heteroatoms. The van der Waals surface area contributed by atoms with E-state index in [2.05, 4.69) is 132 Å². The molecule has 0 radical (unpaired) electrons. The van der Waals surface area contributed by atoms with Crippen LogP contribution in [0.2, 0.25) is 0 Å². The van der Waals surface area contributed by atoms with Gasteiger partial charge in [0.25, 0.3) is 0 Å². The highest BCUT2D eigenvalue weighted by molar-refractivity contribution is 5.65. The van der Waals surface area contributed by atoms with E-state index in [1.54, 1.807) is 11.1 Å². The van der Waals surface area contributed by atoms with E-state index in [9.17, 15) is 10.2 Å². The lowest BCUT2D eigenvalue weighted by atomic mass is 9.23. The number of aromatic hydroxyl groups is 2.